The molecule has 2 rings (SSSR count). The van der Waals surface area contributed by atoms with Crippen molar-refractivity contribution in [2.45, 2.75) is 52.6 Å². The topological polar surface area (TPSA) is 12.5 Å². The summed E-state index contributed by atoms with van der Waals surface area (Å²) in [4.78, 5) is 2.53. The zero-order valence-corrected chi connectivity index (χ0v) is 11.9. The summed E-state index contributed by atoms with van der Waals surface area (Å²) in [6.45, 7) is 9.82. The maximum Gasteiger partial charge on any atom is 0.119 e. The van der Waals surface area contributed by atoms with Gasteiger partial charge in [0, 0.05) is 19.1 Å². The molecule has 0 atom stereocenters. The maximum absolute atomic E-state index is 5.79. The second-order valence-corrected chi connectivity index (χ2v) is 5.45. The van der Waals surface area contributed by atoms with Gasteiger partial charge in [0.2, 0.25) is 0 Å². The molecule has 0 saturated heterocycles. The van der Waals surface area contributed by atoms with Crippen molar-refractivity contribution in [2.24, 2.45) is 0 Å². The summed E-state index contributed by atoms with van der Waals surface area (Å²) in [5, 5.41) is 0. The SMILES string of the molecule is CCCCOc1ccc2c(c1)CN(C(C)C)CC2. The third kappa shape index (κ3) is 3.26. The summed E-state index contributed by atoms with van der Waals surface area (Å²) in [5.41, 5.74) is 2.94. The van der Waals surface area contributed by atoms with Gasteiger partial charge in [-0.05, 0) is 49.9 Å². The Labute approximate surface area is 111 Å². The molecular weight excluding hydrogens is 222 g/mol. The normalized spacial score (nSPS) is 15.8. The summed E-state index contributed by atoms with van der Waals surface area (Å²) in [6.07, 6.45) is 3.49. The fourth-order valence-corrected chi connectivity index (χ4v) is 2.42. The molecule has 0 aliphatic carbocycles. The van der Waals surface area contributed by atoms with Crippen LogP contribution in [0.5, 0.6) is 5.75 Å². The predicted molar refractivity (Wildman–Crippen MR) is 76.1 cm³/mol. The minimum Gasteiger partial charge on any atom is -0.494 e. The van der Waals surface area contributed by atoms with Crippen molar-refractivity contribution in [1.29, 1.82) is 0 Å². The Morgan fingerprint density at radius 1 is 1.28 bits per heavy atom. The van der Waals surface area contributed by atoms with E-state index < -0.39 is 0 Å². The van der Waals surface area contributed by atoms with Gasteiger partial charge in [-0.15, -0.1) is 0 Å². The molecule has 1 aromatic rings. The highest BCUT2D eigenvalue weighted by Crippen LogP contribution is 2.25. The van der Waals surface area contributed by atoms with Crippen LogP contribution in [0.4, 0.5) is 0 Å². The average Bonchev–Trinajstić information content (AvgIpc) is 2.38. The van der Waals surface area contributed by atoms with Crippen LogP contribution in [0.3, 0.4) is 0 Å². The van der Waals surface area contributed by atoms with E-state index in [0.717, 1.165) is 25.3 Å². The molecule has 0 N–H and O–H groups in total. The van der Waals surface area contributed by atoms with Crippen molar-refractivity contribution >= 4 is 0 Å². The highest BCUT2D eigenvalue weighted by molar-refractivity contribution is 5.37. The maximum atomic E-state index is 5.79. The van der Waals surface area contributed by atoms with Crippen LogP contribution in [0.2, 0.25) is 0 Å². The third-order valence-electron chi connectivity index (χ3n) is 3.72. The van der Waals surface area contributed by atoms with E-state index >= 15 is 0 Å². The monoisotopic (exact) mass is 247 g/mol. The predicted octanol–water partition coefficient (Wildman–Crippen LogP) is 3.63. The van der Waals surface area contributed by atoms with Gasteiger partial charge in [0.05, 0.1) is 6.61 Å². The van der Waals surface area contributed by atoms with Crippen LogP contribution in [-0.2, 0) is 13.0 Å². The number of fused-ring (bicyclic) bond motifs is 1. The number of nitrogens with zero attached hydrogens (tertiary/aromatic N) is 1. The van der Waals surface area contributed by atoms with Crippen LogP contribution < -0.4 is 4.74 Å². The number of benzene rings is 1. The van der Waals surface area contributed by atoms with Crippen molar-refractivity contribution in [1.82, 2.24) is 4.90 Å². The van der Waals surface area contributed by atoms with Gasteiger partial charge >= 0.3 is 0 Å². The summed E-state index contributed by atoms with van der Waals surface area (Å²) < 4.78 is 5.79. The van der Waals surface area contributed by atoms with E-state index in [0.29, 0.717) is 6.04 Å². The molecule has 1 aromatic carbocycles. The molecule has 0 unspecified atom stereocenters. The van der Waals surface area contributed by atoms with Gasteiger partial charge in [-0.25, -0.2) is 0 Å². The lowest BCUT2D eigenvalue weighted by Crippen LogP contribution is -2.35. The molecule has 18 heavy (non-hydrogen) atoms. The zero-order valence-electron chi connectivity index (χ0n) is 11.9. The smallest absolute Gasteiger partial charge is 0.119 e. The van der Waals surface area contributed by atoms with Gasteiger partial charge in [-0.1, -0.05) is 19.4 Å². The lowest BCUT2D eigenvalue weighted by molar-refractivity contribution is 0.203. The molecule has 1 heterocycles. The summed E-state index contributed by atoms with van der Waals surface area (Å²) in [5.74, 6) is 1.04. The summed E-state index contributed by atoms with van der Waals surface area (Å²) >= 11 is 0. The molecular formula is C16H25NO. The molecule has 0 radical (unpaired) electrons. The molecule has 0 amide bonds. The van der Waals surface area contributed by atoms with E-state index in [1.54, 1.807) is 0 Å². The average molecular weight is 247 g/mol. The minimum atomic E-state index is 0.628. The molecule has 1 aliphatic heterocycles. The van der Waals surface area contributed by atoms with E-state index in [2.05, 4.69) is 43.9 Å². The van der Waals surface area contributed by atoms with Crippen molar-refractivity contribution in [3.8, 4) is 5.75 Å². The Balaban J connectivity index is 2.03. The van der Waals surface area contributed by atoms with Gasteiger partial charge in [0.25, 0.3) is 0 Å². The first-order valence-corrected chi connectivity index (χ1v) is 7.19. The molecule has 2 heteroatoms. The second kappa shape index (κ2) is 6.24. The Morgan fingerprint density at radius 2 is 2.11 bits per heavy atom. The third-order valence-corrected chi connectivity index (χ3v) is 3.72. The molecule has 0 aromatic heterocycles. The number of hydrogen-bond acceptors (Lipinski definition) is 2. The lowest BCUT2D eigenvalue weighted by atomic mass is 9.98. The van der Waals surface area contributed by atoms with Crippen LogP contribution in [0, 0.1) is 0 Å². The van der Waals surface area contributed by atoms with Crippen molar-refractivity contribution in [2.75, 3.05) is 13.2 Å². The molecule has 0 bridgehead atoms. The first kappa shape index (κ1) is 13.4. The van der Waals surface area contributed by atoms with E-state index in [1.165, 1.54) is 30.5 Å². The van der Waals surface area contributed by atoms with Gasteiger partial charge in [0.1, 0.15) is 5.75 Å². The molecule has 1 aliphatic rings. The lowest BCUT2D eigenvalue weighted by Gasteiger charge is -2.32. The van der Waals surface area contributed by atoms with Crippen molar-refractivity contribution in [3.63, 3.8) is 0 Å². The minimum absolute atomic E-state index is 0.628. The number of unbranched alkanes of at least 4 members (excludes halogenated alkanes) is 1. The van der Waals surface area contributed by atoms with Crippen LogP contribution in [0.15, 0.2) is 18.2 Å². The van der Waals surface area contributed by atoms with E-state index in [4.69, 9.17) is 4.74 Å². The molecule has 100 valence electrons. The molecule has 0 saturated carbocycles. The van der Waals surface area contributed by atoms with Gasteiger partial charge < -0.3 is 4.74 Å². The van der Waals surface area contributed by atoms with Crippen LogP contribution in [-0.4, -0.2) is 24.1 Å². The highest BCUT2D eigenvalue weighted by atomic mass is 16.5. The largest absolute Gasteiger partial charge is 0.494 e. The van der Waals surface area contributed by atoms with Crippen molar-refractivity contribution in [3.05, 3.63) is 29.3 Å². The Morgan fingerprint density at radius 3 is 2.83 bits per heavy atom. The van der Waals surface area contributed by atoms with E-state index in [-0.39, 0.29) is 0 Å². The molecule has 2 nitrogen and oxygen atoms in total. The Kier molecular flexibility index (Phi) is 4.65. The Bertz CT molecular complexity index is 387. The first-order valence-electron chi connectivity index (χ1n) is 7.19. The van der Waals surface area contributed by atoms with Crippen LogP contribution in [0.1, 0.15) is 44.7 Å². The van der Waals surface area contributed by atoms with Gasteiger partial charge in [0.15, 0.2) is 0 Å². The molecule has 0 fully saturated rings. The van der Waals surface area contributed by atoms with Gasteiger partial charge in [-0.2, -0.15) is 0 Å². The quantitative estimate of drug-likeness (QED) is 0.737. The fraction of sp³-hybridized carbons (Fsp3) is 0.625. The standard InChI is InChI=1S/C16H25NO/c1-4-5-10-18-16-7-6-14-8-9-17(13(2)3)12-15(14)11-16/h6-7,11,13H,4-5,8-10,12H2,1-3H3. The second-order valence-electron chi connectivity index (χ2n) is 5.45. The van der Waals surface area contributed by atoms with Crippen LogP contribution >= 0.6 is 0 Å². The molecule has 0 spiro atoms. The van der Waals surface area contributed by atoms with Crippen LogP contribution in [0.25, 0.3) is 0 Å². The van der Waals surface area contributed by atoms with Gasteiger partial charge in [-0.3, -0.25) is 4.90 Å². The van der Waals surface area contributed by atoms with E-state index in [1.807, 2.05) is 0 Å². The number of rotatable bonds is 5. The van der Waals surface area contributed by atoms with E-state index in [9.17, 15) is 0 Å². The highest BCUT2D eigenvalue weighted by Gasteiger charge is 2.18. The first-order chi connectivity index (χ1) is 8.70. The van der Waals surface area contributed by atoms with Crippen molar-refractivity contribution < 1.29 is 4.74 Å². The summed E-state index contributed by atoms with van der Waals surface area (Å²) in [6, 6.07) is 7.23. The Hall–Kier alpha value is -1.02. The summed E-state index contributed by atoms with van der Waals surface area (Å²) in [7, 11) is 0. The zero-order chi connectivity index (χ0) is 13.0. The fourth-order valence-electron chi connectivity index (χ4n) is 2.42. The number of ether oxygens (including phenoxy) is 1. The number of hydrogen-bond donors (Lipinski definition) is 0.